The first-order chi connectivity index (χ1) is 24.4. The Balaban J connectivity index is 1.02. The number of aromatic nitrogens is 2. The van der Waals surface area contributed by atoms with E-state index in [9.17, 15) is 19.7 Å². The maximum Gasteiger partial charge on any atom is 0.410 e. The predicted molar refractivity (Wildman–Crippen MR) is 191 cm³/mol. The van der Waals surface area contributed by atoms with Crippen LogP contribution in [0.25, 0.3) is 21.9 Å². The van der Waals surface area contributed by atoms with Crippen molar-refractivity contribution >= 4 is 28.5 Å². The number of benzene rings is 5. The Hall–Kier alpha value is -6.29. The van der Waals surface area contributed by atoms with E-state index in [0.29, 0.717) is 18.8 Å². The molecule has 1 heterocycles. The number of ether oxygens (including phenoxy) is 1. The fourth-order valence-electron chi connectivity index (χ4n) is 6.67. The van der Waals surface area contributed by atoms with E-state index < -0.39 is 11.0 Å². The summed E-state index contributed by atoms with van der Waals surface area (Å²) < 4.78 is 7.88. The van der Waals surface area contributed by atoms with Crippen LogP contribution in [0.15, 0.2) is 128 Å². The molecule has 5 aromatic carbocycles. The Morgan fingerprint density at radius 3 is 2.28 bits per heavy atom. The van der Waals surface area contributed by atoms with Crippen LogP contribution in [0.1, 0.15) is 33.9 Å². The molecule has 10 nitrogen and oxygen atoms in total. The molecule has 1 aliphatic carbocycles. The summed E-state index contributed by atoms with van der Waals surface area (Å²) >= 11 is 0. The SMILES string of the molecule is O=C(Cc1cncn1Cc1ccc([N+](=O)[O-])cc1)NCCN(Cc1cccc2ccccc12)C(=O)OCC1c2ccccc2-c2ccccc21. The molecule has 2 amide bonds. The van der Waals surface area contributed by atoms with Gasteiger partial charge < -0.3 is 19.5 Å². The average molecular weight is 666 g/mol. The van der Waals surface area contributed by atoms with Crippen molar-refractivity contribution in [1.82, 2.24) is 19.8 Å². The van der Waals surface area contributed by atoms with Crippen molar-refractivity contribution in [3.63, 3.8) is 0 Å². The van der Waals surface area contributed by atoms with E-state index in [2.05, 4.69) is 34.6 Å². The highest BCUT2D eigenvalue weighted by atomic mass is 16.6. The summed E-state index contributed by atoms with van der Waals surface area (Å²) in [4.78, 5) is 43.3. The second kappa shape index (κ2) is 14.4. The number of non-ortho nitro benzene ring substituents is 1. The number of carbonyl (C=O) groups excluding carboxylic acids is 2. The summed E-state index contributed by atoms with van der Waals surface area (Å²) in [7, 11) is 0. The molecule has 1 N–H and O–H groups in total. The van der Waals surface area contributed by atoms with Crippen molar-refractivity contribution in [1.29, 1.82) is 0 Å². The van der Waals surface area contributed by atoms with Gasteiger partial charge in [-0.25, -0.2) is 9.78 Å². The second-order valence-electron chi connectivity index (χ2n) is 12.3. The number of nitrogens with zero attached hydrogens (tertiary/aromatic N) is 4. The molecule has 0 radical (unpaired) electrons. The maximum atomic E-state index is 13.8. The number of nitro benzene ring substituents is 1. The molecule has 0 atom stereocenters. The van der Waals surface area contributed by atoms with Gasteiger partial charge in [0.05, 0.1) is 17.7 Å². The number of nitro groups is 1. The summed E-state index contributed by atoms with van der Waals surface area (Å²) in [5, 5.41) is 16.1. The molecule has 1 aliphatic rings. The minimum absolute atomic E-state index is 0.0200. The van der Waals surface area contributed by atoms with Gasteiger partial charge in [-0.2, -0.15) is 0 Å². The van der Waals surface area contributed by atoms with Crippen molar-refractivity contribution in [3.05, 3.63) is 166 Å². The van der Waals surface area contributed by atoms with Crippen LogP contribution in [0.4, 0.5) is 10.5 Å². The van der Waals surface area contributed by atoms with E-state index in [1.807, 2.05) is 71.3 Å². The van der Waals surface area contributed by atoms with Gasteiger partial charge in [0.1, 0.15) is 6.61 Å². The molecular weight excluding hydrogens is 630 g/mol. The third kappa shape index (κ3) is 6.95. The van der Waals surface area contributed by atoms with Gasteiger partial charge in [-0.1, -0.05) is 103 Å². The zero-order valence-corrected chi connectivity index (χ0v) is 27.3. The Morgan fingerprint density at radius 1 is 0.860 bits per heavy atom. The first kappa shape index (κ1) is 32.3. The average Bonchev–Trinajstić information content (AvgIpc) is 3.71. The Labute approximate surface area is 289 Å². The van der Waals surface area contributed by atoms with Crippen molar-refractivity contribution < 1.29 is 19.2 Å². The molecule has 0 fully saturated rings. The summed E-state index contributed by atoms with van der Waals surface area (Å²) in [5.41, 5.74) is 7.16. The molecule has 0 saturated carbocycles. The number of hydrogen-bond acceptors (Lipinski definition) is 6. The van der Waals surface area contributed by atoms with Crippen LogP contribution in [0, 0.1) is 10.1 Å². The number of amides is 2. The highest BCUT2D eigenvalue weighted by Gasteiger charge is 2.30. The van der Waals surface area contributed by atoms with Crippen LogP contribution in [0.2, 0.25) is 0 Å². The Bertz CT molecular complexity index is 2130. The maximum absolute atomic E-state index is 13.8. The predicted octanol–water partition coefficient (Wildman–Crippen LogP) is 7.10. The molecule has 0 aliphatic heterocycles. The lowest BCUT2D eigenvalue weighted by Crippen LogP contribution is -2.39. The lowest BCUT2D eigenvalue weighted by Gasteiger charge is -2.24. The monoisotopic (exact) mass is 665 g/mol. The lowest BCUT2D eigenvalue weighted by atomic mass is 9.98. The largest absolute Gasteiger partial charge is 0.448 e. The summed E-state index contributed by atoms with van der Waals surface area (Å²) in [6.45, 7) is 1.40. The molecule has 0 spiro atoms. The first-order valence-electron chi connectivity index (χ1n) is 16.5. The van der Waals surface area contributed by atoms with Crippen molar-refractivity contribution in [2.45, 2.75) is 25.4 Å². The van der Waals surface area contributed by atoms with E-state index in [-0.39, 0.29) is 43.6 Å². The van der Waals surface area contributed by atoms with Gasteiger partial charge >= 0.3 is 6.09 Å². The van der Waals surface area contributed by atoms with E-state index in [1.165, 1.54) is 12.1 Å². The Morgan fingerprint density at radius 2 is 1.54 bits per heavy atom. The van der Waals surface area contributed by atoms with Gasteiger partial charge in [0.25, 0.3) is 5.69 Å². The van der Waals surface area contributed by atoms with Crippen LogP contribution < -0.4 is 5.32 Å². The molecule has 6 aromatic rings. The summed E-state index contributed by atoms with van der Waals surface area (Å²) in [5.74, 6) is -0.283. The zero-order chi connectivity index (χ0) is 34.5. The number of hydrogen-bond donors (Lipinski definition) is 1. The van der Waals surface area contributed by atoms with E-state index in [1.54, 1.807) is 29.6 Å². The molecular formula is C40H35N5O5. The standard InChI is InChI=1S/C40H35N5O5/c46-39(22-32-23-41-27-44(32)24-28-16-18-31(19-17-28)45(48)49)42-20-21-43(25-30-10-7-9-29-8-1-2-11-33(29)30)40(47)50-26-38-36-14-5-3-12-34(36)35-13-4-6-15-37(35)38/h1-19,23,27,38H,20-22,24-26H2,(H,42,46). The van der Waals surface area contributed by atoms with Crippen LogP contribution in [0.3, 0.4) is 0 Å². The molecule has 10 heteroatoms. The summed E-state index contributed by atoms with van der Waals surface area (Å²) in [6.07, 6.45) is 2.90. The van der Waals surface area contributed by atoms with Gasteiger partial charge in [0.15, 0.2) is 0 Å². The topological polar surface area (TPSA) is 120 Å². The molecule has 250 valence electrons. The zero-order valence-electron chi connectivity index (χ0n) is 27.3. The number of carbonyl (C=O) groups is 2. The normalized spacial score (nSPS) is 11.9. The third-order valence-corrected chi connectivity index (χ3v) is 9.18. The molecule has 7 rings (SSSR count). The van der Waals surface area contributed by atoms with Crippen LogP contribution >= 0.6 is 0 Å². The smallest absolute Gasteiger partial charge is 0.410 e. The first-order valence-corrected chi connectivity index (χ1v) is 16.5. The number of nitrogens with one attached hydrogen (secondary N) is 1. The summed E-state index contributed by atoms with van der Waals surface area (Å²) in [6, 6.07) is 36.9. The minimum Gasteiger partial charge on any atom is -0.448 e. The van der Waals surface area contributed by atoms with Gasteiger partial charge in [-0.3, -0.25) is 14.9 Å². The van der Waals surface area contributed by atoms with E-state index >= 15 is 0 Å². The van der Waals surface area contributed by atoms with Gasteiger partial charge in [-0.15, -0.1) is 0 Å². The molecule has 50 heavy (non-hydrogen) atoms. The van der Waals surface area contributed by atoms with E-state index in [4.69, 9.17) is 4.74 Å². The minimum atomic E-state index is -0.449. The van der Waals surface area contributed by atoms with Crippen LogP contribution in [-0.4, -0.2) is 51.1 Å². The van der Waals surface area contributed by atoms with Crippen molar-refractivity contribution in [3.8, 4) is 11.1 Å². The van der Waals surface area contributed by atoms with Gasteiger partial charge in [-0.05, 0) is 44.2 Å². The van der Waals surface area contributed by atoms with Gasteiger partial charge in [0, 0.05) is 56.1 Å². The molecule has 1 aromatic heterocycles. The second-order valence-corrected chi connectivity index (χ2v) is 12.3. The number of fused-ring (bicyclic) bond motifs is 4. The third-order valence-electron chi connectivity index (χ3n) is 9.18. The molecule has 0 unspecified atom stereocenters. The highest BCUT2D eigenvalue weighted by molar-refractivity contribution is 5.86. The Kier molecular flexibility index (Phi) is 9.32. The quantitative estimate of drug-likeness (QED) is 0.110. The van der Waals surface area contributed by atoms with Gasteiger partial charge in [0.2, 0.25) is 5.91 Å². The van der Waals surface area contributed by atoms with Crippen molar-refractivity contribution in [2.75, 3.05) is 19.7 Å². The fraction of sp³-hybridized carbons (Fsp3) is 0.175. The van der Waals surface area contributed by atoms with Crippen molar-refractivity contribution in [2.24, 2.45) is 0 Å². The number of rotatable bonds is 12. The molecule has 0 saturated heterocycles. The fourth-order valence-corrected chi connectivity index (χ4v) is 6.67. The molecule has 0 bridgehead atoms. The van der Waals surface area contributed by atoms with E-state index in [0.717, 1.165) is 44.2 Å². The van der Waals surface area contributed by atoms with Crippen LogP contribution in [-0.2, 0) is 29.0 Å². The lowest BCUT2D eigenvalue weighted by molar-refractivity contribution is -0.384. The van der Waals surface area contributed by atoms with Crippen LogP contribution in [0.5, 0.6) is 0 Å². The number of imidazole rings is 1. The highest BCUT2D eigenvalue weighted by Crippen LogP contribution is 2.44.